The summed E-state index contributed by atoms with van der Waals surface area (Å²) in [5, 5.41) is 0. The molecule has 0 aromatic heterocycles. The van der Waals surface area contributed by atoms with Gasteiger partial charge in [-0.1, -0.05) is 30.3 Å². The molecule has 0 heterocycles. The largest absolute Gasteiger partial charge is 0.462 e. The van der Waals surface area contributed by atoms with Crippen molar-refractivity contribution >= 4 is 11.9 Å². The molecule has 0 amide bonds. The third-order valence-corrected chi connectivity index (χ3v) is 3.95. The summed E-state index contributed by atoms with van der Waals surface area (Å²) in [5.41, 5.74) is -0.167. The Bertz CT molecular complexity index is 534. The molecule has 0 atom stereocenters. The van der Waals surface area contributed by atoms with E-state index in [0.29, 0.717) is 19.4 Å². The van der Waals surface area contributed by atoms with Gasteiger partial charge in [0.1, 0.15) is 0 Å². The van der Waals surface area contributed by atoms with Crippen molar-refractivity contribution in [3.63, 3.8) is 0 Å². The number of carbonyl (C=O) groups is 2. The Hall–Kier alpha value is -1.88. The molecular weight excluding hydrogens is 308 g/mol. The van der Waals surface area contributed by atoms with E-state index < -0.39 is 17.4 Å². The molecule has 1 aromatic carbocycles. The van der Waals surface area contributed by atoms with Crippen molar-refractivity contribution in [1.82, 2.24) is 0 Å². The van der Waals surface area contributed by atoms with Gasteiger partial charge in [-0.3, -0.25) is 9.59 Å². The Morgan fingerprint density at radius 3 is 1.96 bits per heavy atom. The number of rotatable bonds is 7. The van der Waals surface area contributed by atoms with Crippen LogP contribution in [0.1, 0.15) is 46.1 Å². The molecule has 0 unspecified atom stereocenters. The van der Waals surface area contributed by atoms with Crippen molar-refractivity contribution in [1.29, 1.82) is 0 Å². The lowest BCUT2D eigenvalue weighted by molar-refractivity contribution is -0.197. The number of ether oxygens (including phenoxy) is 3. The molecule has 132 valence electrons. The van der Waals surface area contributed by atoms with E-state index in [0.717, 1.165) is 5.56 Å². The van der Waals surface area contributed by atoms with Crippen molar-refractivity contribution in [2.75, 3.05) is 0 Å². The Labute approximate surface area is 143 Å². The van der Waals surface area contributed by atoms with E-state index in [9.17, 15) is 9.59 Å². The summed E-state index contributed by atoms with van der Waals surface area (Å²) in [6.07, 6.45) is -0.0888. The van der Waals surface area contributed by atoms with Crippen LogP contribution in [-0.2, 0) is 30.4 Å². The second-order valence-corrected chi connectivity index (χ2v) is 6.82. The molecule has 5 nitrogen and oxygen atoms in total. The highest BCUT2D eigenvalue weighted by Crippen LogP contribution is 2.46. The fourth-order valence-corrected chi connectivity index (χ4v) is 2.69. The summed E-state index contributed by atoms with van der Waals surface area (Å²) in [7, 11) is 0. The molecule has 5 heteroatoms. The smallest absolute Gasteiger partial charge is 0.323 e. The van der Waals surface area contributed by atoms with Crippen LogP contribution in [0, 0.1) is 5.41 Å². The van der Waals surface area contributed by atoms with Gasteiger partial charge in [-0.25, -0.2) is 0 Å². The Kier molecular flexibility index (Phi) is 5.99. The highest BCUT2D eigenvalue weighted by atomic mass is 16.6. The molecule has 0 N–H and O–H groups in total. The zero-order valence-corrected chi connectivity index (χ0v) is 14.8. The molecule has 0 aliphatic heterocycles. The van der Waals surface area contributed by atoms with E-state index in [1.54, 1.807) is 27.7 Å². The first-order valence-electron chi connectivity index (χ1n) is 8.41. The quantitative estimate of drug-likeness (QED) is 0.566. The number of hydrogen-bond donors (Lipinski definition) is 0. The lowest BCUT2D eigenvalue weighted by Crippen LogP contribution is -2.55. The fourth-order valence-electron chi connectivity index (χ4n) is 2.69. The number of esters is 2. The minimum atomic E-state index is -1.23. The average Bonchev–Trinajstić information content (AvgIpc) is 2.45. The molecule has 0 radical (unpaired) electrons. The number of carbonyl (C=O) groups excluding carboxylic acids is 2. The molecule has 1 fully saturated rings. The first kappa shape index (κ1) is 18.5. The summed E-state index contributed by atoms with van der Waals surface area (Å²) in [4.78, 5) is 24.8. The van der Waals surface area contributed by atoms with Crippen molar-refractivity contribution in [3.8, 4) is 0 Å². The van der Waals surface area contributed by atoms with Gasteiger partial charge >= 0.3 is 11.9 Å². The third-order valence-electron chi connectivity index (χ3n) is 3.95. The first-order valence-corrected chi connectivity index (χ1v) is 8.41. The summed E-state index contributed by atoms with van der Waals surface area (Å²) in [6, 6.07) is 9.80. The number of benzene rings is 1. The zero-order valence-electron chi connectivity index (χ0n) is 14.8. The predicted molar refractivity (Wildman–Crippen MR) is 89.1 cm³/mol. The van der Waals surface area contributed by atoms with Crippen LogP contribution in [0.2, 0.25) is 0 Å². The molecule has 0 saturated heterocycles. The van der Waals surface area contributed by atoms with E-state index in [2.05, 4.69) is 0 Å². The van der Waals surface area contributed by atoms with E-state index in [1.807, 2.05) is 30.3 Å². The van der Waals surface area contributed by atoms with E-state index in [4.69, 9.17) is 14.2 Å². The van der Waals surface area contributed by atoms with Gasteiger partial charge < -0.3 is 14.2 Å². The van der Waals surface area contributed by atoms with Crippen LogP contribution in [-0.4, -0.2) is 30.3 Å². The zero-order chi connectivity index (χ0) is 17.7. The summed E-state index contributed by atoms with van der Waals surface area (Å²) in [6.45, 7) is 7.52. The van der Waals surface area contributed by atoms with Gasteiger partial charge in [0.2, 0.25) is 0 Å². The molecule has 24 heavy (non-hydrogen) atoms. The van der Waals surface area contributed by atoms with Gasteiger partial charge in [-0.2, -0.15) is 0 Å². The fraction of sp³-hybridized carbons (Fsp3) is 0.579. The van der Waals surface area contributed by atoms with Gasteiger partial charge in [0, 0.05) is 12.8 Å². The standard InChI is InChI=1S/C19H26O5/c1-13(2)23-17(20)19(18(21)24-14(3)4)10-16(11-19)22-12-15-8-6-5-7-9-15/h5-9,13-14,16H,10-12H2,1-4H3. The Morgan fingerprint density at radius 2 is 1.50 bits per heavy atom. The SMILES string of the molecule is CC(C)OC(=O)C1(C(=O)OC(C)C)CC(OCc2ccccc2)C1. The predicted octanol–water partition coefficient (Wildman–Crippen LogP) is 3.26. The molecule has 0 bridgehead atoms. The highest BCUT2D eigenvalue weighted by Gasteiger charge is 2.59. The highest BCUT2D eigenvalue weighted by molar-refractivity contribution is 6.01. The lowest BCUT2D eigenvalue weighted by Gasteiger charge is -2.43. The maximum Gasteiger partial charge on any atom is 0.323 e. The van der Waals surface area contributed by atoms with Crippen LogP contribution >= 0.6 is 0 Å². The van der Waals surface area contributed by atoms with E-state index in [1.165, 1.54) is 0 Å². The average molecular weight is 334 g/mol. The van der Waals surface area contributed by atoms with Crippen LogP contribution in [0.25, 0.3) is 0 Å². The van der Waals surface area contributed by atoms with Gasteiger partial charge in [0.15, 0.2) is 5.41 Å². The molecule has 1 aliphatic rings. The van der Waals surface area contributed by atoms with Crippen molar-refractivity contribution in [3.05, 3.63) is 35.9 Å². The molecule has 0 spiro atoms. The van der Waals surface area contributed by atoms with E-state index in [-0.39, 0.29) is 18.3 Å². The maximum absolute atomic E-state index is 12.4. The van der Waals surface area contributed by atoms with Gasteiger partial charge in [0.05, 0.1) is 24.9 Å². The van der Waals surface area contributed by atoms with Crippen LogP contribution in [0.15, 0.2) is 30.3 Å². The third kappa shape index (κ3) is 4.35. The van der Waals surface area contributed by atoms with Crippen LogP contribution in [0.4, 0.5) is 0 Å². The minimum absolute atomic E-state index is 0.148. The summed E-state index contributed by atoms with van der Waals surface area (Å²) < 4.78 is 16.4. The lowest BCUT2D eigenvalue weighted by atomic mass is 9.66. The molecule has 2 rings (SSSR count). The topological polar surface area (TPSA) is 61.8 Å². The second kappa shape index (κ2) is 7.79. The number of hydrogen-bond acceptors (Lipinski definition) is 5. The second-order valence-electron chi connectivity index (χ2n) is 6.82. The molecule has 1 aromatic rings. The van der Waals surface area contributed by atoms with Crippen molar-refractivity contribution in [2.24, 2.45) is 5.41 Å². The van der Waals surface area contributed by atoms with Crippen LogP contribution in [0.3, 0.4) is 0 Å². The van der Waals surface area contributed by atoms with Gasteiger partial charge in [0.25, 0.3) is 0 Å². The first-order chi connectivity index (χ1) is 11.3. The Balaban J connectivity index is 1.97. The molecule has 1 saturated carbocycles. The van der Waals surface area contributed by atoms with Gasteiger partial charge in [-0.15, -0.1) is 0 Å². The van der Waals surface area contributed by atoms with Crippen molar-refractivity contribution in [2.45, 2.75) is 65.5 Å². The summed E-state index contributed by atoms with van der Waals surface area (Å²) in [5.74, 6) is -1.02. The molecular formula is C19H26O5. The summed E-state index contributed by atoms with van der Waals surface area (Å²) >= 11 is 0. The molecule has 1 aliphatic carbocycles. The van der Waals surface area contributed by atoms with Crippen LogP contribution < -0.4 is 0 Å². The monoisotopic (exact) mass is 334 g/mol. The minimum Gasteiger partial charge on any atom is -0.462 e. The van der Waals surface area contributed by atoms with Crippen LogP contribution in [0.5, 0.6) is 0 Å². The van der Waals surface area contributed by atoms with Crippen molar-refractivity contribution < 1.29 is 23.8 Å². The maximum atomic E-state index is 12.4. The van der Waals surface area contributed by atoms with E-state index >= 15 is 0 Å². The normalized spacial score (nSPS) is 16.8. The Morgan fingerprint density at radius 1 is 1.00 bits per heavy atom. The van der Waals surface area contributed by atoms with Gasteiger partial charge in [-0.05, 0) is 33.3 Å².